The van der Waals surface area contributed by atoms with Crippen LogP contribution in [0.2, 0.25) is 0 Å². The SMILES string of the molecule is CCCc1c(Br)c(C)c(Br)c(C)c1Br. The van der Waals surface area contributed by atoms with Gasteiger partial charge in [-0.25, -0.2) is 0 Å². The predicted molar refractivity (Wildman–Crippen MR) is 73.0 cm³/mol. The van der Waals surface area contributed by atoms with Gasteiger partial charge in [-0.05, 0) is 37.0 Å². The Morgan fingerprint density at radius 1 is 0.857 bits per heavy atom. The summed E-state index contributed by atoms with van der Waals surface area (Å²) in [6.07, 6.45) is 2.27. The van der Waals surface area contributed by atoms with Crippen LogP contribution in [0.4, 0.5) is 0 Å². The van der Waals surface area contributed by atoms with Crippen LogP contribution in [-0.4, -0.2) is 0 Å². The van der Waals surface area contributed by atoms with E-state index < -0.39 is 0 Å². The van der Waals surface area contributed by atoms with Crippen LogP contribution >= 0.6 is 47.8 Å². The fourth-order valence-corrected chi connectivity index (χ4v) is 3.88. The smallest absolute Gasteiger partial charge is 0.0259 e. The second kappa shape index (κ2) is 5.13. The van der Waals surface area contributed by atoms with Crippen molar-refractivity contribution in [1.29, 1.82) is 0 Å². The first-order valence-corrected chi connectivity index (χ1v) is 7.01. The molecule has 0 aliphatic carbocycles. The number of hydrogen-bond donors (Lipinski definition) is 0. The lowest BCUT2D eigenvalue weighted by Crippen LogP contribution is -1.95. The third-order valence-corrected chi connectivity index (χ3v) is 5.68. The van der Waals surface area contributed by atoms with Crippen LogP contribution in [-0.2, 0) is 6.42 Å². The van der Waals surface area contributed by atoms with Gasteiger partial charge in [-0.1, -0.05) is 61.1 Å². The highest BCUT2D eigenvalue weighted by atomic mass is 79.9. The molecule has 0 spiro atoms. The Morgan fingerprint density at radius 2 is 1.29 bits per heavy atom. The highest BCUT2D eigenvalue weighted by Crippen LogP contribution is 2.38. The topological polar surface area (TPSA) is 0 Å². The molecule has 0 aromatic heterocycles. The normalized spacial score (nSPS) is 10.7. The van der Waals surface area contributed by atoms with E-state index in [1.54, 1.807) is 0 Å². The molecule has 3 heteroatoms. The third kappa shape index (κ3) is 2.25. The van der Waals surface area contributed by atoms with Gasteiger partial charge in [0, 0.05) is 13.4 Å². The first kappa shape index (κ1) is 12.7. The van der Waals surface area contributed by atoms with Crippen molar-refractivity contribution in [3.8, 4) is 0 Å². The molecule has 14 heavy (non-hydrogen) atoms. The summed E-state index contributed by atoms with van der Waals surface area (Å²) in [5.74, 6) is 0. The average Bonchev–Trinajstić information content (AvgIpc) is 2.19. The molecule has 1 aromatic carbocycles. The Balaban J connectivity index is 3.43. The molecule has 0 unspecified atom stereocenters. The molecule has 0 saturated carbocycles. The lowest BCUT2D eigenvalue weighted by Gasteiger charge is -2.14. The van der Waals surface area contributed by atoms with Gasteiger partial charge in [-0.2, -0.15) is 0 Å². The minimum atomic E-state index is 1.11. The van der Waals surface area contributed by atoms with Crippen LogP contribution < -0.4 is 0 Å². The average molecular weight is 385 g/mol. The zero-order valence-electron chi connectivity index (χ0n) is 8.55. The molecule has 0 amide bonds. The number of benzene rings is 1. The van der Waals surface area contributed by atoms with Crippen LogP contribution in [0.15, 0.2) is 13.4 Å². The summed E-state index contributed by atoms with van der Waals surface area (Å²) >= 11 is 10.9. The molecule has 0 radical (unpaired) electrons. The third-order valence-electron chi connectivity index (χ3n) is 2.35. The van der Waals surface area contributed by atoms with E-state index in [2.05, 4.69) is 68.6 Å². The fraction of sp³-hybridized carbons (Fsp3) is 0.455. The highest BCUT2D eigenvalue weighted by Gasteiger charge is 2.14. The summed E-state index contributed by atoms with van der Waals surface area (Å²) in [6.45, 7) is 6.46. The molecule has 0 aliphatic heterocycles. The van der Waals surface area contributed by atoms with Crippen molar-refractivity contribution in [2.24, 2.45) is 0 Å². The fourth-order valence-electron chi connectivity index (χ4n) is 1.49. The number of rotatable bonds is 2. The van der Waals surface area contributed by atoms with Crippen molar-refractivity contribution in [3.63, 3.8) is 0 Å². The summed E-state index contributed by atoms with van der Waals surface area (Å²) < 4.78 is 3.64. The van der Waals surface area contributed by atoms with Crippen LogP contribution in [0.25, 0.3) is 0 Å². The molecule has 0 N–H and O–H groups in total. The van der Waals surface area contributed by atoms with Crippen molar-refractivity contribution >= 4 is 47.8 Å². The standard InChI is InChI=1S/C11H13Br3/c1-4-5-8-10(13)6(2)9(12)7(3)11(8)14/h4-5H2,1-3H3. The highest BCUT2D eigenvalue weighted by molar-refractivity contribution is 9.11. The maximum atomic E-state index is 3.66. The van der Waals surface area contributed by atoms with E-state index in [0.29, 0.717) is 0 Å². The molecular weight excluding hydrogens is 372 g/mol. The van der Waals surface area contributed by atoms with Gasteiger partial charge < -0.3 is 0 Å². The van der Waals surface area contributed by atoms with Crippen LogP contribution in [0, 0.1) is 13.8 Å². The van der Waals surface area contributed by atoms with E-state index >= 15 is 0 Å². The summed E-state index contributed by atoms with van der Waals surface area (Å²) in [5.41, 5.74) is 3.95. The molecule has 1 aromatic rings. The first-order valence-electron chi connectivity index (χ1n) is 4.63. The zero-order chi connectivity index (χ0) is 10.9. The van der Waals surface area contributed by atoms with Gasteiger partial charge in [0.15, 0.2) is 0 Å². The van der Waals surface area contributed by atoms with Gasteiger partial charge in [-0.15, -0.1) is 0 Å². The van der Waals surface area contributed by atoms with E-state index in [0.717, 1.165) is 12.8 Å². The lowest BCUT2D eigenvalue weighted by molar-refractivity contribution is 0.905. The molecule has 0 bridgehead atoms. The van der Waals surface area contributed by atoms with E-state index in [9.17, 15) is 0 Å². The van der Waals surface area contributed by atoms with Gasteiger partial charge in [0.05, 0.1) is 0 Å². The summed E-state index contributed by atoms with van der Waals surface area (Å²) in [6, 6.07) is 0. The predicted octanol–water partition coefficient (Wildman–Crippen LogP) is 5.54. The van der Waals surface area contributed by atoms with Crippen LogP contribution in [0.3, 0.4) is 0 Å². The van der Waals surface area contributed by atoms with Gasteiger partial charge in [0.1, 0.15) is 0 Å². The Morgan fingerprint density at radius 3 is 1.64 bits per heavy atom. The van der Waals surface area contributed by atoms with Crippen molar-refractivity contribution < 1.29 is 0 Å². The Bertz CT molecular complexity index is 327. The quantitative estimate of drug-likeness (QED) is 0.627. The van der Waals surface area contributed by atoms with Crippen molar-refractivity contribution in [1.82, 2.24) is 0 Å². The molecule has 0 saturated heterocycles. The van der Waals surface area contributed by atoms with Crippen LogP contribution in [0.5, 0.6) is 0 Å². The Hall–Kier alpha value is 0.660. The van der Waals surface area contributed by atoms with E-state index in [4.69, 9.17) is 0 Å². The molecule has 0 heterocycles. The largest absolute Gasteiger partial charge is 0.0651 e. The minimum absolute atomic E-state index is 1.11. The second-order valence-electron chi connectivity index (χ2n) is 3.42. The number of hydrogen-bond acceptors (Lipinski definition) is 0. The summed E-state index contributed by atoms with van der Waals surface area (Å²) in [4.78, 5) is 0. The molecular formula is C11H13Br3. The Kier molecular flexibility index (Phi) is 4.66. The van der Waals surface area contributed by atoms with Gasteiger partial charge in [0.25, 0.3) is 0 Å². The zero-order valence-corrected chi connectivity index (χ0v) is 13.3. The monoisotopic (exact) mass is 382 g/mol. The summed E-state index contributed by atoms with van der Waals surface area (Å²) in [7, 11) is 0. The lowest BCUT2D eigenvalue weighted by atomic mass is 10.0. The van der Waals surface area contributed by atoms with Crippen molar-refractivity contribution in [2.75, 3.05) is 0 Å². The second-order valence-corrected chi connectivity index (χ2v) is 5.80. The molecule has 0 nitrogen and oxygen atoms in total. The number of halogens is 3. The van der Waals surface area contributed by atoms with Gasteiger partial charge in [-0.3, -0.25) is 0 Å². The molecule has 0 fully saturated rings. The first-order chi connectivity index (χ1) is 6.50. The van der Waals surface area contributed by atoms with Crippen LogP contribution in [0.1, 0.15) is 30.0 Å². The maximum absolute atomic E-state index is 3.66. The Labute approximate surface area is 111 Å². The molecule has 1 rings (SSSR count). The van der Waals surface area contributed by atoms with Gasteiger partial charge in [0.2, 0.25) is 0 Å². The molecule has 0 aliphatic rings. The van der Waals surface area contributed by atoms with E-state index in [1.165, 1.54) is 30.1 Å². The molecule has 78 valence electrons. The van der Waals surface area contributed by atoms with Crippen molar-refractivity contribution in [3.05, 3.63) is 30.1 Å². The van der Waals surface area contributed by atoms with E-state index in [-0.39, 0.29) is 0 Å². The maximum Gasteiger partial charge on any atom is 0.0259 e. The summed E-state index contributed by atoms with van der Waals surface area (Å²) in [5, 5.41) is 0. The molecule has 0 atom stereocenters. The van der Waals surface area contributed by atoms with Crippen molar-refractivity contribution in [2.45, 2.75) is 33.6 Å². The van der Waals surface area contributed by atoms with Gasteiger partial charge >= 0.3 is 0 Å². The van der Waals surface area contributed by atoms with E-state index in [1.807, 2.05) is 0 Å². The minimum Gasteiger partial charge on any atom is -0.0651 e.